The first-order valence-corrected chi connectivity index (χ1v) is 12.4. The van der Waals surface area contributed by atoms with E-state index in [9.17, 15) is 0 Å². The van der Waals surface area contributed by atoms with Crippen molar-refractivity contribution in [3.8, 4) is 11.4 Å². The van der Waals surface area contributed by atoms with E-state index in [-0.39, 0.29) is 0 Å². The van der Waals surface area contributed by atoms with Crippen LogP contribution in [0, 0.1) is 13.8 Å². The summed E-state index contributed by atoms with van der Waals surface area (Å²) >= 11 is 0. The summed E-state index contributed by atoms with van der Waals surface area (Å²) in [5.74, 6) is 3.63. The molecule has 0 amide bonds. The zero-order valence-corrected chi connectivity index (χ0v) is 20.9. The molecule has 4 heterocycles. The molecule has 2 aliphatic rings. The maximum Gasteiger partial charge on any atom is 0.162 e. The van der Waals surface area contributed by atoms with Gasteiger partial charge in [0.15, 0.2) is 5.82 Å². The van der Waals surface area contributed by atoms with Gasteiger partial charge in [0.05, 0.1) is 11.4 Å². The smallest absolute Gasteiger partial charge is 0.162 e. The second-order valence-electron chi connectivity index (χ2n) is 10.1. The van der Waals surface area contributed by atoms with Crippen LogP contribution in [-0.2, 0) is 20.0 Å². The molecule has 1 saturated heterocycles. The van der Waals surface area contributed by atoms with Gasteiger partial charge in [0.2, 0.25) is 0 Å². The monoisotopic (exact) mass is 444 g/mol. The molecule has 6 nitrogen and oxygen atoms in total. The lowest BCUT2D eigenvalue weighted by molar-refractivity contribution is 0.643. The number of benzene rings is 1. The minimum atomic E-state index is 0.422. The molecule has 33 heavy (non-hydrogen) atoms. The van der Waals surface area contributed by atoms with Crippen molar-refractivity contribution in [2.75, 3.05) is 22.9 Å². The van der Waals surface area contributed by atoms with E-state index in [0.717, 1.165) is 43.4 Å². The number of hydrogen-bond donors (Lipinski definition) is 0. The standard InChI is InChI=1S/C27H36N6/c1-17(2)23-15-24(31(6)30-23)32-14-12-22-21(16-32)27(33-13-8-11-20(33)5)29-26(28-22)25-18(3)9-7-10-19(25)4/h7,9-10,15,17,20H,8,11-14,16H2,1-6H3. The molecule has 3 aromatic rings. The lowest BCUT2D eigenvalue weighted by Gasteiger charge is -2.34. The Balaban J connectivity index is 1.60. The molecule has 1 fully saturated rings. The fourth-order valence-electron chi connectivity index (χ4n) is 5.41. The van der Waals surface area contributed by atoms with E-state index in [0.29, 0.717) is 12.0 Å². The van der Waals surface area contributed by atoms with E-state index < -0.39 is 0 Å². The first kappa shape index (κ1) is 21.9. The highest BCUT2D eigenvalue weighted by Crippen LogP contribution is 2.36. The Kier molecular flexibility index (Phi) is 5.63. The number of rotatable bonds is 4. The number of fused-ring (bicyclic) bond motifs is 1. The largest absolute Gasteiger partial charge is 0.353 e. The maximum absolute atomic E-state index is 5.26. The number of anilines is 2. The van der Waals surface area contributed by atoms with Gasteiger partial charge in [-0.3, -0.25) is 4.68 Å². The van der Waals surface area contributed by atoms with Gasteiger partial charge in [-0.25, -0.2) is 9.97 Å². The third kappa shape index (κ3) is 3.90. The zero-order chi connectivity index (χ0) is 23.3. The van der Waals surface area contributed by atoms with Crippen molar-refractivity contribution in [1.82, 2.24) is 19.7 Å². The molecule has 5 rings (SSSR count). The molecular weight excluding hydrogens is 408 g/mol. The molecule has 0 saturated carbocycles. The lowest BCUT2D eigenvalue weighted by Crippen LogP contribution is -2.36. The highest BCUT2D eigenvalue weighted by Gasteiger charge is 2.31. The highest BCUT2D eigenvalue weighted by atomic mass is 15.4. The van der Waals surface area contributed by atoms with Crippen molar-refractivity contribution >= 4 is 11.6 Å². The summed E-state index contributed by atoms with van der Waals surface area (Å²) in [4.78, 5) is 15.4. The van der Waals surface area contributed by atoms with Crippen LogP contribution in [0.3, 0.4) is 0 Å². The molecule has 0 radical (unpaired) electrons. The Bertz CT molecular complexity index is 1160. The van der Waals surface area contributed by atoms with Crippen LogP contribution < -0.4 is 9.80 Å². The quantitative estimate of drug-likeness (QED) is 0.556. The van der Waals surface area contributed by atoms with Crippen LogP contribution >= 0.6 is 0 Å². The van der Waals surface area contributed by atoms with E-state index in [2.05, 4.69) is 75.7 Å². The number of hydrogen-bond acceptors (Lipinski definition) is 5. The van der Waals surface area contributed by atoms with Crippen LogP contribution in [-0.4, -0.2) is 38.9 Å². The van der Waals surface area contributed by atoms with Crippen LogP contribution in [0.1, 0.15) is 67.6 Å². The van der Waals surface area contributed by atoms with Gasteiger partial charge < -0.3 is 9.80 Å². The van der Waals surface area contributed by atoms with Crippen LogP contribution in [0.15, 0.2) is 24.3 Å². The summed E-state index contributed by atoms with van der Waals surface area (Å²) in [5.41, 5.74) is 7.31. The van der Waals surface area contributed by atoms with Gasteiger partial charge in [0, 0.05) is 56.3 Å². The van der Waals surface area contributed by atoms with Crippen LogP contribution in [0.25, 0.3) is 11.4 Å². The molecule has 0 spiro atoms. The van der Waals surface area contributed by atoms with Gasteiger partial charge in [-0.05, 0) is 50.7 Å². The average Bonchev–Trinajstić information content (AvgIpc) is 3.38. The third-order valence-corrected chi connectivity index (χ3v) is 7.36. The Morgan fingerprint density at radius 1 is 1.06 bits per heavy atom. The Morgan fingerprint density at radius 2 is 1.82 bits per heavy atom. The molecule has 0 aliphatic carbocycles. The summed E-state index contributed by atoms with van der Waals surface area (Å²) in [6.07, 6.45) is 3.37. The Hall–Kier alpha value is -2.89. The van der Waals surface area contributed by atoms with Gasteiger partial charge in [0.1, 0.15) is 11.6 Å². The summed E-state index contributed by atoms with van der Waals surface area (Å²) < 4.78 is 2.03. The topological polar surface area (TPSA) is 50.1 Å². The fraction of sp³-hybridized carbons (Fsp3) is 0.519. The minimum absolute atomic E-state index is 0.422. The molecule has 2 aliphatic heterocycles. The van der Waals surface area contributed by atoms with Gasteiger partial charge in [-0.2, -0.15) is 5.10 Å². The molecule has 174 valence electrons. The molecule has 1 atom stereocenters. The van der Waals surface area contributed by atoms with Gasteiger partial charge in [-0.1, -0.05) is 32.0 Å². The number of aromatic nitrogens is 4. The van der Waals surface area contributed by atoms with Gasteiger partial charge in [-0.15, -0.1) is 0 Å². The van der Waals surface area contributed by atoms with Crippen LogP contribution in [0.5, 0.6) is 0 Å². The van der Waals surface area contributed by atoms with E-state index in [1.165, 1.54) is 46.6 Å². The molecular formula is C27H36N6. The van der Waals surface area contributed by atoms with Crippen molar-refractivity contribution in [1.29, 1.82) is 0 Å². The van der Waals surface area contributed by atoms with E-state index in [1.807, 2.05) is 4.68 Å². The van der Waals surface area contributed by atoms with Crippen LogP contribution in [0.2, 0.25) is 0 Å². The predicted octanol–water partition coefficient (Wildman–Crippen LogP) is 5.17. The summed E-state index contributed by atoms with van der Waals surface area (Å²) in [6.45, 7) is 13.9. The number of nitrogens with zero attached hydrogens (tertiary/aromatic N) is 6. The normalized spacial score (nSPS) is 18.3. The minimum Gasteiger partial charge on any atom is -0.353 e. The highest BCUT2D eigenvalue weighted by molar-refractivity contribution is 5.68. The summed E-state index contributed by atoms with van der Waals surface area (Å²) in [6, 6.07) is 9.21. The van der Waals surface area contributed by atoms with Crippen molar-refractivity contribution < 1.29 is 0 Å². The van der Waals surface area contributed by atoms with E-state index in [1.54, 1.807) is 0 Å². The van der Waals surface area contributed by atoms with Crippen LogP contribution in [0.4, 0.5) is 11.6 Å². The Morgan fingerprint density at radius 3 is 2.45 bits per heavy atom. The first-order valence-electron chi connectivity index (χ1n) is 12.4. The fourth-order valence-corrected chi connectivity index (χ4v) is 5.41. The van der Waals surface area contributed by atoms with Crippen molar-refractivity contribution in [3.05, 3.63) is 52.3 Å². The zero-order valence-electron chi connectivity index (χ0n) is 20.9. The first-order chi connectivity index (χ1) is 15.8. The average molecular weight is 445 g/mol. The van der Waals surface area contributed by atoms with Gasteiger partial charge >= 0.3 is 0 Å². The second-order valence-corrected chi connectivity index (χ2v) is 10.1. The predicted molar refractivity (Wildman–Crippen MR) is 135 cm³/mol. The number of aryl methyl sites for hydroxylation is 3. The van der Waals surface area contributed by atoms with E-state index >= 15 is 0 Å². The third-order valence-electron chi connectivity index (χ3n) is 7.36. The van der Waals surface area contributed by atoms with E-state index in [4.69, 9.17) is 15.1 Å². The second kappa shape index (κ2) is 8.47. The maximum atomic E-state index is 5.26. The van der Waals surface area contributed by atoms with Gasteiger partial charge in [0.25, 0.3) is 0 Å². The van der Waals surface area contributed by atoms with Crippen molar-refractivity contribution in [2.24, 2.45) is 7.05 Å². The van der Waals surface area contributed by atoms with Crippen molar-refractivity contribution in [3.63, 3.8) is 0 Å². The molecule has 0 bridgehead atoms. The van der Waals surface area contributed by atoms with Crippen molar-refractivity contribution in [2.45, 2.75) is 72.4 Å². The molecule has 0 N–H and O–H groups in total. The molecule has 2 aromatic heterocycles. The molecule has 6 heteroatoms. The summed E-state index contributed by atoms with van der Waals surface area (Å²) in [5, 5.41) is 4.76. The molecule has 1 aromatic carbocycles. The summed E-state index contributed by atoms with van der Waals surface area (Å²) in [7, 11) is 2.06. The SMILES string of the molecule is Cc1cccc(C)c1-c1nc2c(c(N3CCCC3C)n1)CN(c1cc(C(C)C)nn1C)CC2. The lowest BCUT2D eigenvalue weighted by atomic mass is 10.0. The molecule has 1 unspecified atom stereocenters. The Labute approximate surface area is 197 Å².